The van der Waals surface area contributed by atoms with Crippen molar-refractivity contribution in [1.82, 2.24) is 0 Å². The maximum absolute atomic E-state index is 13.1. The number of Topliss-reactive ketones (excluding diaryl/α,β-unsaturated/α-hetero) is 1. The van der Waals surface area contributed by atoms with Gasteiger partial charge < -0.3 is 30.3 Å². The predicted octanol–water partition coefficient (Wildman–Crippen LogP) is 4.95. The van der Waals surface area contributed by atoms with Crippen molar-refractivity contribution in [2.45, 2.75) is 156 Å². The molecule has 7 heteroatoms. The number of allylic oxidation sites excluding steroid dienone is 2. The lowest BCUT2D eigenvalue weighted by Gasteiger charge is -2.71. The highest BCUT2D eigenvalue weighted by Crippen LogP contribution is 2.76. The second kappa shape index (κ2) is 10.6. The summed E-state index contributed by atoms with van der Waals surface area (Å²) in [6, 6.07) is 0. The summed E-state index contributed by atoms with van der Waals surface area (Å²) in [5.74, 6) is 1.68. The molecule has 250 valence electrons. The molecule has 44 heavy (non-hydrogen) atoms. The van der Waals surface area contributed by atoms with Crippen LogP contribution in [0.2, 0.25) is 0 Å². The first-order valence-corrected chi connectivity index (χ1v) is 17.6. The summed E-state index contributed by atoms with van der Waals surface area (Å²) in [7, 11) is 0. The lowest BCUT2D eigenvalue weighted by Crippen LogP contribution is -2.65. The molecule has 5 aliphatic carbocycles. The molecule has 4 saturated carbocycles. The van der Waals surface area contributed by atoms with E-state index in [0.717, 1.165) is 57.8 Å². The Morgan fingerprint density at radius 3 is 2.25 bits per heavy atom. The number of rotatable bonds is 4. The van der Waals surface area contributed by atoms with Crippen LogP contribution >= 0.6 is 0 Å². The van der Waals surface area contributed by atoms with E-state index < -0.39 is 43.2 Å². The molecule has 0 radical (unpaired) electrons. The number of aliphatic hydroxyl groups is 5. The van der Waals surface area contributed by atoms with Crippen LogP contribution in [0, 0.1) is 50.2 Å². The predicted molar refractivity (Wildman–Crippen MR) is 168 cm³/mol. The zero-order valence-corrected chi connectivity index (χ0v) is 28.3. The van der Waals surface area contributed by atoms with Gasteiger partial charge in [-0.3, -0.25) is 4.79 Å². The Morgan fingerprint density at radius 1 is 0.886 bits per heavy atom. The molecular formula is C37H60O7. The number of aliphatic hydroxyl groups excluding tert-OH is 5. The Labute approximate surface area is 264 Å². The van der Waals surface area contributed by atoms with Gasteiger partial charge in [0.2, 0.25) is 0 Å². The van der Waals surface area contributed by atoms with Gasteiger partial charge in [0.15, 0.2) is 0 Å². The van der Waals surface area contributed by atoms with Crippen molar-refractivity contribution in [3.05, 3.63) is 11.6 Å². The maximum atomic E-state index is 13.1. The van der Waals surface area contributed by atoms with Gasteiger partial charge >= 0.3 is 0 Å². The minimum absolute atomic E-state index is 0.0329. The second-order valence-corrected chi connectivity index (χ2v) is 18.3. The number of hydrogen-bond donors (Lipinski definition) is 5. The highest BCUT2D eigenvalue weighted by atomic mass is 16.6. The SMILES string of the molecule is CC1(C)CC[C@]2(CC(O)[C@@H]3OC(CO)[C@H](O)C(O)C3O)CC[C@]3(C)C(=CCC4[C@@]5(C)CCC(=O)C(C)(C)C5CC[C@]43C)C2C1. The number of ether oxygens (including phenoxy) is 1. The maximum Gasteiger partial charge on any atom is 0.138 e. The van der Waals surface area contributed by atoms with Gasteiger partial charge in [-0.2, -0.15) is 0 Å². The largest absolute Gasteiger partial charge is 0.394 e. The zero-order valence-electron chi connectivity index (χ0n) is 28.3. The standard InChI is InChI=1S/C37H60O7/c1-32(2)14-16-37(19-23(39)31-30(43)29(42)28(41)24(20-38)44-31)17-15-35(6)21(22(37)18-32)8-9-26-34(5)12-11-27(40)33(3,4)25(34)10-13-36(26,35)7/h8,22-26,28-31,38-39,41-43H,9-20H2,1-7H3/t22?,23?,24?,25?,26?,28-,29?,30?,31-,34-,35+,36+,37+/m0/s1. The Balaban J connectivity index is 1.34. The van der Waals surface area contributed by atoms with Crippen molar-refractivity contribution in [3.8, 4) is 0 Å². The van der Waals surface area contributed by atoms with Gasteiger partial charge in [-0.15, -0.1) is 0 Å². The molecule has 13 atom stereocenters. The summed E-state index contributed by atoms with van der Waals surface area (Å²) >= 11 is 0. The van der Waals surface area contributed by atoms with Crippen LogP contribution in [0.15, 0.2) is 11.6 Å². The summed E-state index contributed by atoms with van der Waals surface area (Å²) in [5.41, 5.74) is 1.63. The van der Waals surface area contributed by atoms with Crippen LogP contribution < -0.4 is 0 Å². The summed E-state index contributed by atoms with van der Waals surface area (Å²) in [6.45, 7) is 16.3. The van der Waals surface area contributed by atoms with E-state index >= 15 is 0 Å². The van der Waals surface area contributed by atoms with Crippen molar-refractivity contribution in [1.29, 1.82) is 0 Å². The van der Waals surface area contributed by atoms with E-state index in [1.165, 1.54) is 0 Å². The minimum Gasteiger partial charge on any atom is -0.394 e. The summed E-state index contributed by atoms with van der Waals surface area (Å²) in [6.07, 6.45) is 5.71. The molecule has 1 heterocycles. The quantitative estimate of drug-likeness (QED) is 0.283. The highest BCUT2D eigenvalue weighted by Gasteiger charge is 2.68. The molecule has 7 unspecified atom stereocenters. The van der Waals surface area contributed by atoms with Crippen LogP contribution in [0.5, 0.6) is 0 Å². The average molecular weight is 617 g/mol. The fraction of sp³-hybridized carbons (Fsp3) is 0.919. The van der Waals surface area contributed by atoms with E-state index in [4.69, 9.17) is 4.74 Å². The van der Waals surface area contributed by atoms with Gasteiger partial charge in [0.25, 0.3) is 0 Å². The second-order valence-electron chi connectivity index (χ2n) is 18.3. The first-order chi connectivity index (χ1) is 20.4. The lowest BCUT2D eigenvalue weighted by atomic mass is 9.33. The molecule has 1 saturated heterocycles. The van der Waals surface area contributed by atoms with Crippen LogP contribution in [0.4, 0.5) is 0 Å². The number of carbonyl (C=O) groups is 1. The van der Waals surface area contributed by atoms with Crippen molar-refractivity contribution in [2.24, 2.45) is 50.2 Å². The lowest BCUT2D eigenvalue weighted by molar-refractivity contribution is -0.253. The third-order valence-electron chi connectivity index (χ3n) is 15.5. The summed E-state index contributed by atoms with van der Waals surface area (Å²) in [4.78, 5) is 13.1. The summed E-state index contributed by atoms with van der Waals surface area (Å²) < 4.78 is 5.85. The molecule has 0 aromatic rings. The van der Waals surface area contributed by atoms with Crippen LogP contribution in [-0.4, -0.2) is 74.5 Å². The minimum atomic E-state index is -1.48. The smallest absolute Gasteiger partial charge is 0.138 e. The van der Waals surface area contributed by atoms with E-state index in [1.807, 2.05) is 0 Å². The van der Waals surface area contributed by atoms with Crippen molar-refractivity contribution in [3.63, 3.8) is 0 Å². The molecule has 7 nitrogen and oxygen atoms in total. The number of hydrogen-bond acceptors (Lipinski definition) is 7. The van der Waals surface area contributed by atoms with Gasteiger partial charge in [0, 0.05) is 11.8 Å². The van der Waals surface area contributed by atoms with Crippen molar-refractivity contribution < 1.29 is 35.1 Å². The van der Waals surface area contributed by atoms with Gasteiger partial charge in [-0.05, 0) is 109 Å². The van der Waals surface area contributed by atoms with Crippen LogP contribution in [0.3, 0.4) is 0 Å². The Hall–Kier alpha value is -0.830. The zero-order chi connectivity index (χ0) is 32.3. The van der Waals surface area contributed by atoms with Gasteiger partial charge in [0.05, 0.1) is 12.7 Å². The highest BCUT2D eigenvalue weighted by molar-refractivity contribution is 5.85. The monoisotopic (exact) mass is 616 g/mol. The summed E-state index contributed by atoms with van der Waals surface area (Å²) in [5, 5.41) is 53.1. The molecule has 6 rings (SSSR count). The van der Waals surface area contributed by atoms with Gasteiger partial charge in [-0.1, -0.05) is 60.1 Å². The normalized spacial score (nSPS) is 52.1. The molecule has 0 aromatic carbocycles. The third kappa shape index (κ3) is 4.52. The first-order valence-electron chi connectivity index (χ1n) is 17.6. The molecule has 0 bridgehead atoms. The van der Waals surface area contributed by atoms with Crippen molar-refractivity contribution >= 4 is 5.78 Å². The van der Waals surface area contributed by atoms with E-state index in [0.29, 0.717) is 36.4 Å². The van der Waals surface area contributed by atoms with Gasteiger partial charge in [0.1, 0.15) is 36.3 Å². The molecule has 0 aromatic heterocycles. The average Bonchev–Trinajstić information content (AvgIpc) is 2.95. The molecule has 1 aliphatic heterocycles. The molecule has 0 spiro atoms. The number of fused-ring (bicyclic) bond motifs is 7. The fourth-order valence-electron chi connectivity index (χ4n) is 12.5. The topological polar surface area (TPSA) is 127 Å². The number of carbonyl (C=O) groups excluding carboxylic acids is 1. The van der Waals surface area contributed by atoms with Crippen LogP contribution in [0.25, 0.3) is 0 Å². The van der Waals surface area contributed by atoms with Gasteiger partial charge in [-0.25, -0.2) is 0 Å². The third-order valence-corrected chi connectivity index (χ3v) is 15.5. The Kier molecular flexibility index (Phi) is 7.96. The van der Waals surface area contributed by atoms with Crippen molar-refractivity contribution in [2.75, 3.05) is 6.61 Å². The molecule has 0 amide bonds. The molecule has 5 fully saturated rings. The first kappa shape index (κ1) is 33.1. The fourth-order valence-corrected chi connectivity index (χ4v) is 12.5. The van der Waals surface area contributed by atoms with Crippen LogP contribution in [0.1, 0.15) is 119 Å². The number of ketones is 1. The van der Waals surface area contributed by atoms with E-state index in [1.54, 1.807) is 5.57 Å². The van der Waals surface area contributed by atoms with E-state index in [2.05, 4.69) is 54.5 Å². The molecule has 6 aliphatic rings. The Bertz CT molecular complexity index is 1180. The molecular weight excluding hydrogens is 556 g/mol. The Morgan fingerprint density at radius 2 is 1.57 bits per heavy atom. The molecule has 5 N–H and O–H groups in total. The van der Waals surface area contributed by atoms with E-state index in [-0.39, 0.29) is 32.5 Å². The van der Waals surface area contributed by atoms with E-state index in [9.17, 15) is 30.3 Å². The van der Waals surface area contributed by atoms with Crippen LogP contribution in [-0.2, 0) is 9.53 Å².